The third kappa shape index (κ3) is 11.4. The molecule has 1 heterocycles. The van der Waals surface area contributed by atoms with Crippen molar-refractivity contribution in [1.29, 1.82) is 0 Å². The fourth-order valence-corrected chi connectivity index (χ4v) is 3.62. The number of rotatable bonds is 12. The molecule has 138 valence electrons. The van der Waals surface area contributed by atoms with E-state index in [1.54, 1.807) is 0 Å². The summed E-state index contributed by atoms with van der Waals surface area (Å²) in [6.45, 7) is 18.0. The normalized spacial score (nSPS) is 22.7. The molecule has 0 spiro atoms. The molecule has 5 nitrogen and oxygen atoms in total. The highest BCUT2D eigenvalue weighted by molar-refractivity contribution is 6.76. The van der Waals surface area contributed by atoms with Crippen LogP contribution in [0.25, 0.3) is 0 Å². The van der Waals surface area contributed by atoms with Gasteiger partial charge in [-0.15, -0.1) is 0 Å². The molecule has 0 aliphatic carbocycles. The van der Waals surface area contributed by atoms with Gasteiger partial charge in [-0.25, -0.2) is 0 Å². The van der Waals surface area contributed by atoms with Gasteiger partial charge in [0, 0.05) is 42.5 Å². The minimum Gasteiger partial charge on any atom is -0.356 e. The minimum absolute atomic E-state index is 0.0578. The van der Waals surface area contributed by atoms with E-state index >= 15 is 0 Å². The van der Waals surface area contributed by atoms with Gasteiger partial charge in [0.15, 0.2) is 0 Å². The Hall–Kier alpha value is 0.234. The Bertz CT molecular complexity index is 288. The lowest BCUT2D eigenvalue weighted by Crippen LogP contribution is -2.32. The Morgan fingerprint density at radius 3 is 1.48 bits per heavy atom. The molecule has 1 fully saturated rings. The van der Waals surface area contributed by atoms with Gasteiger partial charge in [0.1, 0.15) is 25.8 Å². The highest BCUT2D eigenvalue weighted by Gasteiger charge is 2.28. The second-order valence-electron chi connectivity index (χ2n) is 8.74. The van der Waals surface area contributed by atoms with E-state index in [1.165, 1.54) is 12.1 Å². The average Bonchev–Trinajstić information content (AvgIpc) is 2.83. The average molecular weight is 364 g/mol. The summed E-state index contributed by atoms with van der Waals surface area (Å²) in [5.41, 5.74) is 0. The second-order valence-corrected chi connectivity index (χ2v) is 20.0. The van der Waals surface area contributed by atoms with Crippen LogP contribution in [0.15, 0.2) is 0 Å². The lowest BCUT2D eigenvalue weighted by atomic mass is 10.2. The van der Waals surface area contributed by atoms with Gasteiger partial charge in [-0.3, -0.25) is 0 Å². The van der Waals surface area contributed by atoms with Crippen LogP contribution < -0.4 is 5.32 Å². The van der Waals surface area contributed by atoms with Gasteiger partial charge in [-0.05, 0) is 12.1 Å². The first kappa shape index (κ1) is 21.3. The van der Waals surface area contributed by atoms with Crippen LogP contribution >= 0.6 is 0 Å². The Kier molecular flexibility index (Phi) is 9.51. The van der Waals surface area contributed by atoms with Gasteiger partial charge in [0.05, 0.1) is 0 Å². The van der Waals surface area contributed by atoms with Gasteiger partial charge in [0.25, 0.3) is 0 Å². The Morgan fingerprint density at radius 2 is 1.13 bits per heavy atom. The minimum atomic E-state index is -1.02. The smallest absolute Gasteiger partial charge is 0.147 e. The molecule has 7 heteroatoms. The number of nitrogens with one attached hydrogen (secondary N) is 1. The molecule has 0 bridgehead atoms. The van der Waals surface area contributed by atoms with E-state index in [4.69, 9.17) is 18.9 Å². The van der Waals surface area contributed by atoms with Crippen LogP contribution in [0.2, 0.25) is 51.4 Å². The molecule has 1 aliphatic heterocycles. The van der Waals surface area contributed by atoms with Gasteiger partial charge in [-0.2, -0.15) is 0 Å². The third-order valence-corrected chi connectivity index (χ3v) is 7.24. The highest BCUT2D eigenvalue weighted by Crippen LogP contribution is 2.12. The number of ether oxygens (including phenoxy) is 4. The molecule has 1 aliphatic rings. The quantitative estimate of drug-likeness (QED) is 0.328. The van der Waals surface area contributed by atoms with Crippen molar-refractivity contribution < 1.29 is 18.9 Å². The van der Waals surface area contributed by atoms with Crippen molar-refractivity contribution in [2.45, 2.75) is 63.6 Å². The summed E-state index contributed by atoms with van der Waals surface area (Å²) in [6, 6.07) is 2.34. The van der Waals surface area contributed by atoms with Crippen LogP contribution in [-0.4, -0.2) is 68.2 Å². The molecule has 0 radical (unpaired) electrons. The molecule has 2 atom stereocenters. The number of hydrogen-bond donors (Lipinski definition) is 1. The molecule has 0 amide bonds. The monoisotopic (exact) mass is 363 g/mol. The zero-order chi connectivity index (χ0) is 17.3. The van der Waals surface area contributed by atoms with Gasteiger partial charge >= 0.3 is 0 Å². The maximum Gasteiger partial charge on any atom is 0.147 e. The van der Waals surface area contributed by atoms with E-state index in [1.807, 2.05) is 0 Å². The largest absolute Gasteiger partial charge is 0.356 e. The lowest BCUT2D eigenvalue weighted by Gasteiger charge is -2.21. The van der Waals surface area contributed by atoms with E-state index in [9.17, 15) is 0 Å². The SMILES string of the molecule is C[Si](C)(C)CCOCO[C@H]1CNC[C@@H]1OCOCC[Si](C)(C)C. The first-order chi connectivity index (χ1) is 10.7. The van der Waals surface area contributed by atoms with Crippen molar-refractivity contribution in [3.05, 3.63) is 0 Å². The fourth-order valence-electron chi connectivity index (χ4n) is 2.11. The maximum absolute atomic E-state index is 5.80. The standard InChI is InChI=1S/C16H37NO4Si2/c1-22(2,3)9-7-18-13-20-15-11-17-12-16(15)21-14-19-8-10-23(4,5)6/h15-17H,7-14H2,1-6H3/t15-,16-/m0/s1. The molecular formula is C16H37NO4Si2. The Morgan fingerprint density at radius 1 is 0.739 bits per heavy atom. The highest BCUT2D eigenvalue weighted by atomic mass is 28.3. The van der Waals surface area contributed by atoms with E-state index in [2.05, 4.69) is 44.6 Å². The molecule has 1 rings (SSSR count). The van der Waals surface area contributed by atoms with Crippen molar-refractivity contribution >= 4 is 16.1 Å². The van der Waals surface area contributed by atoms with Crippen molar-refractivity contribution in [2.24, 2.45) is 0 Å². The summed E-state index contributed by atoms with van der Waals surface area (Å²) in [7, 11) is -2.05. The lowest BCUT2D eigenvalue weighted by molar-refractivity contribution is -0.149. The van der Waals surface area contributed by atoms with E-state index < -0.39 is 16.1 Å². The molecule has 0 aromatic rings. The van der Waals surface area contributed by atoms with E-state index in [-0.39, 0.29) is 12.2 Å². The summed E-state index contributed by atoms with van der Waals surface area (Å²) in [4.78, 5) is 0. The van der Waals surface area contributed by atoms with Crippen molar-refractivity contribution in [3.63, 3.8) is 0 Å². The second kappa shape index (κ2) is 10.3. The zero-order valence-corrected chi connectivity index (χ0v) is 17.9. The van der Waals surface area contributed by atoms with Crippen molar-refractivity contribution in [1.82, 2.24) is 5.32 Å². The van der Waals surface area contributed by atoms with Crippen LogP contribution in [0.5, 0.6) is 0 Å². The van der Waals surface area contributed by atoms with Crippen molar-refractivity contribution in [2.75, 3.05) is 39.9 Å². The molecule has 0 aromatic carbocycles. The van der Waals surface area contributed by atoms with Crippen LogP contribution in [0.3, 0.4) is 0 Å². The molecule has 0 saturated carbocycles. The maximum atomic E-state index is 5.80. The van der Waals surface area contributed by atoms with E-state index in [0.717, 1.165) is 26.3 Å². The summed E-state index contributed by atoms with van der Waals surface area (Å²) in [5.74, 6) is 0. The van der Waals surface area contributed by atoms with Crippen LogP contribution in [0, 0.1) is 0 Å². The van der Waals surface area contributed by atoms with Crippen LogP contribution in [0.4, 0.5) is 0 Å². The Balaban J connectivity index is 2.07. The molecule has 0 unspecified atom stereocenters. The topological polar surface area (TPSA) is 49.0 Å². The summed E-state index contributed by atoms with van der Waals surface area (Å²) >= 11 is 0. The van der Waals surface area contributed by atoms with Gasteiger partial charge in [-0.1, -0.05) is 39.3 Å². The van der Waals surface area contributed by atoms with Crippen molar-refractivity contribution in [3.8, 4) is 0 Å². The molecule has 0 aromatic heterocycles. The summed E-state index contributed by atoms with van der Waals surface area (Å²) in [5, 5.41) is 3.31. The first-order valence-corrected chi connectivity index (χ1v) is 16.2. The van der Waals surface area contributed by atoms with Gasteiger partial charge < -0.3 is 24.3 Å². The predicted molar refractivity (Wildman–Crippen MR) is 101 cm³/mol. The molecule has 1 saturated heterocycles. The fraction of sp³-hybridized carbons (Fsp3) is 1.00. The molecule has 23 heavy (non-hydrogen) atoms. The summed E-state index contributed by atoms with van der Waals surface area (Å²) < 4.78 is 22.8. The molecular weight excluding hydrogens is 326 g/mol. The van der Waals surface area contributed by atoms with Crippen LogP contribution in [0.1, 0.15) is 0 Å². The Labute approximate surface area is 144 Å². The number of hydrogen-bond acceptors (Lipinski definition) is 5. The first-order valence-electron chi connectivity index (χ1n) is 8.77. The van der Waals surface area contributed by atoms with E-state index in [0.29, 0.717) is 13.6 Å². The van der Waals surface area contributed by atoms with Crippen LogP contribution in [-0.2, 0) is 18.9 Å². The summed E-state index contributed by atoms with van der Waals surface area (Å²) in [6.07, 6.45) is 0.116. The van der Waals surface area contributed by atoms with Gasteiger partial charge in [0.2, 0.25) is 0 Å². The zero-order valence-electron chi connectivity index (χ0n) is 15.9. The third-order valence-electron chi connectivity index (χ3n) is 3.83. The molecule has 1 N–H and O–H groups in total. The predicted octanol–water partition coefficient (Wildman–Crippen LogP) is 2.98.